The van der Waals surface area contributed by atoms with Crippen LogP contribution in [0.1, 0.15) is 16.1 Å². The highest BCUT2D eigenvalue weighted by Crippen LogP contribution is 2.18. The minimum atomic E-state index is -0.245. The number of hydrogen-bond acceptors (Lipinski definition) is 4. The molecule has 7 heteroatoms. The summed E-state index contributed by atoms with van der Waals surface area (Å²) < 4.78 is 0. The molecule has 0 unspecified atom stereocenters. The lowest BCUT2D eigenvalue weighted by molar-refractivity contribution is 0.0949. The van der Waals surface area contributed by atoms with Crippen LogP contribution < -0.4 is 10.6 Å². The first-order valence-electron chi connectivity index (χ1n) is 8.87. The fraction of sp³-hybridized carbons (Fsp3) is 0.0952. The molecule has 0 spiro atoms. The molecule has 0 aliphatic rings. The predicted molar refractivity (Wildman–Crippen MR) is 111 cm³/mol. The molecule has 0 saturated heterocycles. The van der Waals surface area contributed by atoms with Gasteiger partial charge in [0.25, 0.3) is 5.91 Å². The standard InChI is InChI=1S/C21H18ClN5O/c22-15-5-7-16(8-6-15)27-20-13-25-19(12-26-20)21(28)23-10-9-14-11-24-18-4-2-1-3-17(14)18/h1-8,11-13,24H,9-10H2,(H,23,28)(H,26,27). The fourth-order valence-corrected chi connectivity index (χ4v) is 3.06. The van der Waals surface area contributed by atoms with Crippen LogP contribution in [0.2, 0.25) is 5.02 Å². The molecule has 4 aromatic rings. The van der Waals surface area contributed by atoms with E-state index in [1.165, 1.54) is 23.3 Å². The lowest BCUT2D eigenvalue weighted by Crippen LogP contribution is -2.26. The molecular weight excluding hydrogens is 374 g/mol. The summed E-state index contributed by atoms with van der Waals surface area (Å²) in [5, 5.41) is 7.83. The number of benzene rings is 2. The van der Waals surface area contributed by atoms with Gasteiger partial charge in [-0.25, -0.2) is 9.97 Å². The molecule has 6 nitrogen and oxygen atoms in total. The lowest BCUT2D eigenvalue weighted by Gasteiger charge is -2.07. The molecule has 0 fully saturated rings. The second-order valence-corrected chi connectivity index (χ2v) is 6.72. The highest BCUT2D eigenvalue weighted by Gasteiger charge is 2.09. The zero-order valence-electron chi connectivity index (χ0n) is 14.9. The van der Waals surface area contributed by atoms with Gasteiger partial charge in [0.05, 0.1) is 12.4 Å². The number of rotatable bonds is 6. The van der Waals surface area contributed by atoms with E-state index in [0.717, 1.165) is 17.6 Å². The second-order valence-electron chi connectivity index (χ2n) is 6.28. The van der Waals surface area contributed by atoms with Crippen molar-refractivity contribution in [2.24, 2.45) is 0 Å². The number of hydrogen-bond donors (Lipinski definition) is 3. The smallest absolute Gasteiger partial charge is 0.271 e. The van der Waals surface area contributed by atoms with E-state index < -0.39 is 0 Å². The number of para-hydroxylation sites is 1. The number of carbonyl (C=O) groups is 1. The second kappa shape index (κ2) is 8.10. The van der Waals surface area contributed by atoms with E-state index >= 15 is 0 Å². The molecule has 0 atom stereocenters. The monoisotopic (exact) mass is 391 g/mol. The van der Waals surface area contributed by atoms with E-state index in [0.29, 0.717) is 17.4 Å². The average Bonchev–Trinajstić information content (AvgIpc) is 3.13. The summed E-state index contributed by atoms with van der Waals surface area (Å²) in [5.74, 6) is 0.308. The van der Waals surface area contributed by atoms with Gasteiger partial charge in [0.15, 0.2) is 0 Å². The van der Waals surface area contributed by atoms with Crippen LogP contribution in [0.25, 0.3) is 10.9 Å². The van der Waals surface area contributed by atoms with E-state index in [4.69, 9.17) is 11.6 Å². The van der Waals surface area contributed by atoms with Crippen molar-refractivity contribution in [1.82, 2.24) is 20.3 Å². The summed E-state index contributed by atoms with van der Waals surface area (Å²) in [6, 6.07) is 15.4. The third kappa shape index (κ3) is 4.13. The van der Waals surface area contributed by atoms with Crippen molar-refractivity contribution in [3.05, 3.63) is 83.4 Å². The Balaban J connectivity index is 1.32. The Kier molecular flexibility index (Phi) is 5.21. The largest absolute Gasteiger partial charge is 0.361 e. The van der Waals surface area contributed by atoms with Gasteiger partial charge in [-0.3, -0.25) is 4.79 Å². The van der Waals surface area contributed by atoms with Crippen molar-refractivity contribution in [3.8, 4) is 0 Å². The van der Waals surface area contributed by atoms with Gasteiger partial charge >= 0.3 is 0 Å². The molecule has 3 N–H and O–H groups in total. The van der Waals surface area contributed by atoms with Crippen LogP contribution in [-0.2, 0) is 6.42 Å². The number of nitrogens with zero attached hydrogens (tertiary/aromatic N) is 2. The summed E-state index contributed by atoms with van der Waals surface area (Å²) in [5.41, 5.74) is 3.39. The Morgan fingerprint density at radius 1 is 1.04 bits per heavy atom. The molecule has 0 aliphatic heterocycles. The van der Waals surface area contributed by atoms with Gasteiger partial charge in [-0.05, 0) is 42.3 Å². The number of carbonyl (C=O) groups excluding carboxylic acids is 1. The number of anilines is 2. The molecule has 140 valence electrons. The van der Waals surface area contributed by atoms with Crippen molar-refractivity contribution < 1.29 is 4.79 Å². The molecule has 1 amide bonds. The van der Waals surface area contributed by atoms with Crippen molar-refractivity contribution in [1.29, 1.82) is 0 Å². The first-order chi connectivity index (χ1) is 13.7. The van der Waals surface area contributed by atoms with Crippen LogP contribution >= 0.6 is 11.6 Å². The highest BCUT2D eigenvalue weighted by molar-refractivity contribution is 6.30. The predicted octanol–water partition coefficient (Wildman–Crippen LogP) is 4.33. The van der Waals surface area contributed by atoms with Crippen LogP contribution in [0.15, 0.2) is 67.1 Å². The minimum absolute atomic E-state index is 0.245. The highest BCUT2D eigenvalue weighted by atomic mass is 35.5. The molecule has 0 radical (unpaired) electrons. The van der Waals surface area contributed by atoms with Crippen molar-refractivity contribution in [2.45, 2.75) is 6.42 Å². The maximum atomic E-state index is 12.3. The maximum absolute atomic E-state index is 12.3. The van der Waals surface area contributed by atoms with Gasteiger partial charge < -0.3 is 15.6 Å². The van der Waals surface area contributed by atoms with Crippen LogP contribution in [0.4, 0.5) is 11.5 Å². The number of fused-ring (bicyclic) bond motifs is 1. The maximum Gasteiger partial charge on any atom is 0.271 e. The van der Waals surface area contributed by atoms with Crippen molar-refractivity contribution in [3.63, 3.8) is 0 Å². The number of aromatic nitrogens is 3. The topological polar surface area (TPSA) is 82.7 Å². The quantitative estimate of drug-likeness (QED) is 0.457. The van der Waals surface area contributed by atoms with Crippen molar-refractivity contribution >= 4 is 39.9 Å². The third-order valence-electron chi connectivity index (χ3n) is 4.36. The molecule has 4 rings (SSSR count). The van der Waals surface area contributed by atoms with Crippen LogP contribution in [0.3, 0.4) is 0 Å². The van der Waals surface area contributed by atoms with Gasteiger partial charge in [0, 0.05) is 34.4 Å². The normalized spacial score (nSPS) is 10.8. The first-order valence-corrected chi connectivity index (χ1v) is 9.25. The Labute approximate surface area is 167 Å². The Bertz CT molecular complexity index is 1090. The zero-order chi connectivity index (χ0) is 19.3. The Hall–Kier alpha value is -3.38. The molecule has 0 aliphatic carbocycles. The van der Waals surface area contributed by atoms with Gasteiger partial charge in [-0.2, -0.15) is 0 Å². The first kappa shape index (κ1) is 18.0. The van der Waals surface area contributed by atoms with E-state index in [9.17, 15) is 4.79 Å². The summed E-state index contributed by atoms with van der Waals surface area (Å²) >= 11 is 5.87. The minimum Gasteiger partial charge on any atom is -0.361 e. The molecule has 0 bridgehead atoms. The number of H-pyrrole nitrogens is 1. The summed E-state index contributed by atoms with van der Waals surface area (Å²) in [6.07, 6.45) is 5.70. The van der Waals surface area contributed by atoms with E-state index in [-0.39, 0.29) is 11.6 Å². The zero-order valence-corrected chi connectivity index (χ0v) is 15.7. The number of nitrogens with one attached hydrogen (secondary N) is 3. The van der Waals surface area contributed by atoms with Crippen LogP contribution in [-0.4, -0.2) is 27.4 Å². The van der Waals surface area contributed by atoms with Gasteiger partial charge in [-0.15, -0.1) is 0 Å². The summed E-state index contributed by atoms with van der Waals surface area (Å²) in [4.78, 5) is 24.0. The Morgan fingerprint density at radius 2 is 1.86 bits per heavy atom. The number of amides is 1. The summed E-state index contributed by atoms with van der Waals surface area (Å²) in [6.45, 7) is 0.521. The van der Waals surface area contributed by atoms with Gasteiger partial charge in [0.1, 0.15) is 11.5 Å². The van der Waals surface area contributed by atoms with Gasteiger partial charge in [-0.1, -0.05) is 29.8 Å². The molecule has 28 heavy (non-hydrogen) atoms. The SMILES string of the molecule is O=C(NCCc1c[nH]c2ccccc12)c1cnc(Nc2ccc(Cl)cc2)cn1. The average molecular weight is 392 g/mol. The van der Waals surface area contributed by atoms with Crippen LogP contribution in [0, 0.1) is 0 Å². The Morgan fingerprint density at radius 3 is 2.64 bits per heavy atom. The lowest BCUT2D eigenvalue weighted by atomic mass is 10.1. The third-order valence-corrected chi connectivity index (χ3v) is 4.61. The number of halogens is 1. The van der Waals surface area contributed by atoms with E-state index in [1.807, 2.05) is 36.5 Å². The van der Waals surface area contributed by atoms with E-state index in [2.05, 4.69) is 31.7 Å². The van der Waals surface area contributed by atoms with E-state index in [1.54, 1.807) is 12.1 Å². The molecule has 2 aromatic heterocycles. The molecule has 2 heterocycles. The van der Waals surface area contributed by atoms with Crippen LogP contribution in [0.5, 0.6) is 0 Å². The molecule has 2 aromatic carbocycles. The van der Waals surface area contributed by atoms with Crippen molar-refractivity contribution in [2.75, 3.05) is 11.9 Å². The summed E-state index contributed by atoms with van der Waals surface area (Å²) in [7, 11) is 0. The molecule has 0 saturated carbocycles. The number of aromatic amines is 1. The fourth-order valence-electron chi connectivity index (χ4n) is 2.93. The molecular formula is C21H18ClN5O. The van der Waals surface area contributed by atoms with Gasteiger partial charge in [0.2, 0.25) is 0 Å².